The molecule has 1 aromatic heterocycles. The van der Waals surface area contributed by atoms with E-state index >= 15 is 0 Å². The van der Waals surface area contributed by atoms with E-state index < -0.39 is 0 Å². The summed E-state index contributed by atoms with van der Waals surface area (Å²) in [7, 11) is 0. The first-order chi connectivity index (χ1) is 12.9. The maximum Gasteiger partial charge on any atom is 0.232 e. The van der Waals surface area contributed by atoms with Crippen molar-refractivity contribution in [2.75, 3.05) is 11.4 Å². The standard InChI is InChI=1S/C22H23N3O2/c1-13-8-9-17(10-16(13)4)21-23-22(27-24-21)18-11-19(26)25(12-18)20-14(2)6-5-7-15(20)3/h5-10,18H,11-12H2,1-4H3. The Bertz CT molecular complexity index is 1000. The summed E-state index contributed by atoms with van der Waals surface area (Å²) in [5.41, 5.74) is 6.56. The average molecular weight is 361 g/mol. The molecule has 1 aliphatic heterocycles. The average Bonchev–Trinajstić information content (AvgIpc) is 3.25. The van der Waals surface area contributed by atoms with E-state index in [1.807, 2.05) is 43.0 Å². The second-order valence-electron chi connectivity index (χ2n) is 7.40. The lowest BCUT2D eigenvalue weighted by Gasteiger charge is -2.21. The zero-order valence-corrected chi connectivity index (χ0v) is 16.1. The number of hydrogen-bond acceptors (Lipinski definition) is 4. The fourth-order valence-electron chi connectivity index (χ4n) is 3.72. The molecule has 3 aromatic rings. The number of carbonyl (C=O) groups is 1. The Balaban J connectivity index is 1.60. The van der Waals surface area contributed by atoms with Gasteiger partial charge in [-0.1, -0.05) is 35.5 Å². The van der Waals surface area contributed by atoms with Crippen molar-refractivity contribution in [3.8, 4) is 11.4 Å². The predicted molar refractivity (Wildman–Crippen MR) is 105 cm³/mol. The maximum absolute atomic E-state index is 12.7. The fraction of sp³-hybridized carbons (Fsp3) is 0.318. The molecule has 1 aliphatic rings. The third-order valence-corrected chi connectivity index (χ3v) is 5.39. The highest BCUT2D eigenvalue weighted by atomic mass is 16.5. The SMILES string of the molecule is Cc1ccc(-c2noc(C3CC(=O)N(c4c(C)cccc4C)C3)n2)cc1C. The summed E-state index contributed by atoms with van der Waals surface area (Å²) in [6, 6.07) is 12.2. The Hall–Kier alpha value is -2.95. The quantitative estimate of drug-likeness (QED) is 0.690. The van der Waals surface area contributed by atoms with Gasteiger partial charge in [-0.2, -0.15) is 4.98 Å². The number of amides is 1. The van der Waals surface area contributed by atoms with E-state index in [9.17, 15) is 4.79 Å². The van der Waals surface area contributed by atoms with Gasteiger partial charge >= 0.3 is 0 Å². The third-order valence-electron chi connectivity index (χ3n) is 5.39. The molecule has 0 saturated carbocycles. The van der Waals surface area contributed by atoms with Gasteiger partial charge in [0, 0.05) is 24.2 Å². The molecule has 1 fully saturated rings. The molecule has 27 heavy (non-hydrogen) atoms. The Labute approximate surface area is 159 Å². The van der Waals surface area contributed by atoms with Gasteiger partial charge in [-0.05, 0) is 56.0 Å². The molecule has 5 nitrogen and oxygen atoms in total. The van der Waals surface area contributed by atoms with Crippen LogP contribution in [-0.2, 0) is 4.79 Å². The van der Waals surface area contributed by atoms with E-state index in [0.29, 0.717) is 24.7 Å². The predicted octanol–water partition coefficient (Wildman–Crippen LogP) is 4.49. The molecular formula is C22H23N3O2. The number of aromatic nitrogens is 2. The van der Waals surface area contributed by atoms with Crippen LogP contribution in [0.3, 0.4) is 0 Å². The van der Waals surface area contributed by atoms with Gasteiger partial charge < -0.3 is 9.42 Å². The Morgan fingerprint density at radius 2 is 1.74 bits per heavy atom. The molecule has 1 atom stereocenters. The summed E-state index contributed by atoms with van der Waals surface area (Å²) < 4.78 is 5.53. The van der Waals surface area contributed by atoms with E-state index in [4.69, 9.17) is 4.52 Å². The number of para-hydroxylation sites is 1. The first-order valence-corrected chi connectivity index (χ1v) is 9.22. The maximum atomic E-state index is 12.7. The number of nitrogens with zero attached hydrogens (tertiary/aromatic N) is 3. The van der Waals surface area contributed by atoms with Crippen LogP contribution >= 0.6 is 0 Å². The van der Waals surface area contributed by atoms with Gasteiger partial charge in [0.25, 0.3) is 0 Å². The second kappa shape index (κ2) is 6.65. The van der Waals surface area contributed by atoms with Crippen molar-refractivity contribution in [1.82, 2.24) is 10.1 Å². The van der Waals surface area contributed by atoms with Crippen LogP contribution in [0.25, 0.3) is 11.4 Å². The summed E-state index contributed by atoms with van der Waals surface area (Å²) >= 11 is 0. The highest BCUT2D eigenvalue weighted by Crippen LogP contribution is 2.35. The van der Waals surface area contributed by atoms with E-state index in [1.54, 1.807) is 0 Å². The minimum absolute atomic E-state index is 0.0794. The van der Waals surface area contributed by atoms with E-state index in [1.165, 1.54) is 11.1 Å². The molecule has 0 spiro atoms. The van der Waals surface area contributed by atoms with Crippen molar-refractivity contribution in [3.05, 3.63) is 64.5 Å². The van der Waals surface area contributed by atoms with Crippen LogP contribution in [0.2, 0.25) is 0 Å². The highest BCUT2D eigenvalue weighted by molar-refractivity contribution is 5.97. The van der Waals surface area contributed by atoms with Crippen LogP contribution in [0.1, 0.15) is 40.5 Å². The molecule has 0 radical (unpaired) electrons. The van der Waals surface area contributed by atoms with Crippen molar-refractivity contribution in [1.29, 1.82) is 0 Å². The Kier molecular flexibility index (Phi) is 4.30. The van der Waals surface area contributed by atoms with Crippen LogP contribution in [-0.4, -0.2) is 22.6 Å². The largest absolute Gasteiger partial charge is 0.339 e. The normalized spacial score (nSPS) is 17.0. The number of aryl methyl sites for hydroxylation is 4. The van der Waals surface area contributed by atoms with Gasteiger partial charge in [-0.3, -0.25) is 4.79 Å². The Morgan fingerprint density at radius 3 is 2.44 bits per heavy atom. The number of rotatable bonds is 3. The first-order valence-electron chi connectivity index (χ1n) is 9.22. The molecule has 2 aromatic carbocycles. The second-order valence-corrected chi connectivity index (χ2v) is 7.40. The lowest BCUT2D eigenvalue weighted by atomic mass is 10.1. The first kappa shape index (κ1) is 17.5. The van der Waals surface area contributed by atoms with Crippen LogP contribution in [0.5, 0.6) is 0 Å². The monoisotopic (exact) mass is 361 g/mol. The lowest BCUT2D eigenvalue weighted by Crippen LogP contribution is -2.26. The molecule has 4 rings (SSSR count). The molecule has 0 N–H and O–H groups in total. The highest BCUT2D eigenvalue weighted by Gasteiger charge is 2.36. The number of carbonyl (C=O) groups excluding carboxylic acids is 1. The van der Waals surface area contributed by atoms with Crippen molar-refractivity contribution >= 4 is 11.6 Å². The molecule has 1 amide bonds. The zero-order chi connectivity index (χ0) is 19.1. The zero-order valence-electron chi connectivity index (χ0n) is 16.1. The van der Waals surface area contributed by atoms with E-state index in [0.717, 1.165) is 22.4 Å². The van der Waals surface area contributed by atoms with Gasteiger partial charge in [0.1, 0.15) is 0 Å². The summed E-state index contributed by atoms with van der Waals surface area (Å²) in [5, 5.41) is 4.14. The minimum atomic E-state index is -0.0794. The molecule has 138 valence electrons. The molecular weight excluding hydrogens is 338 g/mol. The van der Waals surface area contributed by atoms with Gasteiger partial charge in [0.15, 0.2) is 0 Å². The smallest absolute Gasteiger partial charge is 0.232 e. The lowest BCUT2D eigenvalue weighted by molar-refractivity contribution is -0.117. The minimum Gasteiger partial charge on any atom is -0.339 e. The van der Waals surface area contributed by atoms with E-state index in [-0.39, 0.29) is 11.8 Å². The van der Waals surface area contributed by atoms with Gasteiger partial charge in [-0.15, -0.1) is 0 Å². The molecule has 1 unspecified atom stereocenters. The van der Waals surface area contributed by atoms with Crippen molar-refractivity contribution in [3.63, 3.8) is 0 Å². The topological polar surface area (TPSA) is 59.2 Å². The number of hydrogen-bond donors (Lipinski definition) is 0. The summed E-state index contributed by atoms with van der Waals surface area (Å²) in [6.45, 7) is 8.78. The Morgan fingerprint density at radius 1 is 1.00 bits per heavy atom. The molecule has 2 heterocycles. The molecule has 0 bridgehead atoms. The molecule has 1 saturated heterocycles. The number of benzene rings is 2. The number of anilines is 1. The van der Waals surface area contributed by atoms with Crippen LogP contribution in [0, 0.1) is 27.7 Å². The van der Waals surface area contributed by atoms with Gasteiger partial charge in [0.05, 0.1) is 5.92 Å². The molecule has 5 heteroatoms. The van der Waals surface area contributed by atoms with Gasteiger partial charge in [-0.25, -0.2) is 0 Å². The van der Waals surface area contributed by atoms with Crippen LogP contribution in [0.15, 0.2) is 40.9 Å². The van der Waals surface area contributed by atoms with Crippen molar-refractivity contribution < 1.29 is 9.32 Å². The van der Waals surface area contributed by atoms with E-state index in [2.05, 4.69) is 36.1 Å². The molecule has 0 aliphatic carbocycles. The summed E-state index contributed by atoms with van der Waals surface area (Å²) in [6.07, 6.45) is 0.391. The van der Waals surface area contributed by atoms with Crippen LogP contribution in [0.4, 0.5) is 5.69 Å². The third kappa shape index (κ3) is 3.14. The van der Waals surface area contributed by atoms with Crippen molar-refractivity contribution in [2.45, 2.75) is 40.0 Å². The fourth-order valence-corrected chi connectivity index (χ4v) is 3.72. The van der Waals surface area contributed by atoms with Crippen LogP contribution < -0.4 is 4.90 Å². The van der Waals surface area contributed by atoms with Crippen molar-refractivity contribution in [2.24, 2.45) is 0 Å². The summed E-state index contributed by atoms with van der Waals surface area (Å²) in [4.78, 5) is 19.1. The van der Waals surface area contributed by atoms with Gasteiger partial charge in [0.2, 0.25) is 17.6 Å². The summed E-state index contributed by atoms with van der Waals surface area (Å²) in [5.74, 6) is 1.13.